The van der Waals surface area contributed by atoms with Gasteiger partial charge in [0.05, 0.1) is 13.3 Å². The number of furan rings is 1. The zero-order chi connectivity index (χ0) is 16.2. The smallest absolute Gasteiger partial charge is 0.307 e. The number of benzene rings is 2. The molecule has 0 spiro atoms. The topological polar surface area (TPSA) is 84.1 Å². The lowest BCUT2D eigenvalue weighted by atomic mass is 10.2. The van der Waals surface area contributed by atoms with Crippen LogP contribution in [0.1, 0.15) is 16.1 Å². The molecule has 116 valence electrons. The Hall–Kier alpha value is -3.28. The summed E-state index contributed by atoms with van der Waals surface area (Å²) in [5, 5.41) is 14.0. The van der Waals surface area contributed by atoms with Gasteiger partial charge in [-0.3, -0.25) is 4.79 Å². The van der Waals surface area contributed by atoms with E-state index in [1.807, 2.05) is 12.1 Å². The second-order valence-corrected chi connectivity index (χ2v) is 4.78. The maximum atomic E-state index is 12.1. The van der Waals surface area contributed by atoms with Crippen LogP contribution >= 0.6 is 0 Å². The zero-order valence-corrected chi connectivity index (χ0v) is 12.3. The molecule has 0 aliphatic rings. The third-order valence-electron chi connectivity index (χ3n) is 3.20. The zero-order valence-electron chi connectivity index (χ0n) is 12.3. The number of phenols is 1. The molecule has 0 aliphatic carbocycles. The monoisotopic (exact) mass is 310 g/mol. The second kappa shape index (κ2) is 6.23. The number of fused-ring (bicyclic) bond motifs is 1. The molecule has 0 unspecified atom stereocenters. The van der Waals surface area contributed by atoms with E-state index >= 15 is 0 Å². The van der Waals surface area contributed by atoms with Gasteiger partial charge in [-0.05, 0) is 29.8 Å². The van der Waals surface area contributed by atoms with Gasteiger partial charge in [0, 0.05) is 5.39 Å². The van der Waals surface area contributed by atoms with Gasteiger partial charge in [0.15, 0.2) is 17.1 Å². The summed E-state index contributed by atoms with van der Waals surface area (Å²) >= 11 is 0. The average Bonchev–Trinajstić information content (AvgIpc) is 2.99. The van der Waals surface area contributed by atoms with Crippen molar-refractivity contribution in [3.8, 4) is 11.5 Å². The first-order valence-electron chi connectivity index (χ1n) is 6.86. The third-order valence-corrected chi connectivity index (χ3v) is 3.20. The van der Waals surface area contributed by atoms with E-state index in [0.717, 1.165) is 5.39 Å². The molecular formula is C17H14N2O4. The highest BCUT2D eigenvalue weighted by Crippen LogP contribution is 2.28. The molecular weight excluding hydrogens is 296 g/mol. The largest absolute Gasteiger partial charge is 0.508 e. The van der Waals surface area contributed by atoms with Gasteiger partial charge >= 0.3 is 5.91 Å². The van der Waals surface area contributed by atoms with Crippen molar-refractivity contribution in [2.75, 3.05) is 7.11 Å². The summed E-state index contributed by atoms with van der Waals surface area (Å²) in [6.45, 7) is 0. The van der Waals surface area contributed by atoms with Crippen LogP contribution in [0.4, 0.5) is 0 Å². The van der Waals surface area contributed by atoms with Gasteiger partial charge in [0.1, 0.15) is 5.75 Å². The molecule has 0 bridgehead atoms. The summed E-state index contributed by atoms with van der Waals surface area (Å²) in [5.74, 6) is 0.353. The predicted molar refractivity (Wildman–Crippen MR) is 85.9 cm³/mol. The summed E-state index contributed by atoms with van der Waals surface area (Å²) in [6, 6.07) is 13.5. The molecule has 6 heteroatoms. The van der Waals surface area contributed by atoms with Crippen molar-refractivity contribution < 1.29 is 19.1 Å². The first kappa shape index (κ1) is 14.6. The minimum atomic E-state index is -0.473. The molecule has 0 saturated carbocycles. The van der Waals surface area contributed by atoms with Crippen molar-refractivity contribution in [3.63, 3.8) is 0 Å². The molecule has 6 nitrogen and oxygen atoms in total. The Morgan fingerprint density at radius 1 is 1.26 bits per heavy atom. The highest BCUT2D eigenvalue weighted by molar-refractivity contribution is 5.97. The van der Waals surface area contributed by atoms with Crippen LogP contribution in [0.5, 0.6) is 11.5 Å². The third kappa shape index (κ3) is 3.16. The van der Waals surface area contributed by atoms with Crippen molar-refractivity contribution >= 4 is 23.1 Å². The van der Waals surface area contributed by atoms with E-state index in [-0.39, 0.29) is 11.5 Å². The Morgan fingerprint density at radius 3 is 2.87 bits per heavy atom. The molecule has 23 heavy (non-hydrogen) atoms. The van der Waals surface area contributed by atoms with Crippen molar-refractivity contribution in [2.45, 2.75) is 0 Å². The summed E-state index contributed by atoms with van der Waals surface area (Å²) in [6.07, 6.45) is 1.43. The average molecular weight is 310 g/mol. The second-order valence-electron chi connectivity index (χ2n) is 4.78. The van der Waals surface area contributed by atoms with Gasteiger partial charge in [0.2, 0.25) is 0 Å². The molecule has 0 atom stereocenters. The number of ether oxygens (including phenoxy) is 1. The van der Waals surface area contributed by atoms with Gasteiger partial charge in [-0.1, -0.05) is 24.3 Å². The van der Waals surface area contributed by atoms with Crippen LogP contribution in [0.15, 0.2) is 58.0 Å². The van der Waals surface area contributed by atoms with Crippen LogP contribution in [-0.2, 0) is 0 Å². The minimum absolute atomic E-state index is 0.129. The molecule has 1 aromatic heterocycles. The predicted octanol–water partition coefficient (Wildman–Crippen LogP) is 2.91. The van der Waals surface area contributed by atoms with Crippen molar-refractivity contribution in [3.05, 3.63) is 59.9 Å². The van der Waals surface area contributed by atoms with E-state index in [2.05, 4.69) is 10.5 Å². The fourth-order valence-corrected chi connectivity index (χ4v) is 2.13. The minimum Gasteiger partial charge on any atom is -0.508 e. The van der Waals surface area contributed by atoms with Crippen molar-refractivity contribution in [2.24, 2.45) is 5.10 Å². The van der Waals surface area contributed by atoms with Gasteiger partial charge in [-0.15, -0.1) is 0 Å². The normalized spacial score (nSPS) is 11.0. The Labute approximate surface area is 132 Å². The molecule has 3 aromatic rings. The molecule has 0 saturated heterocycles. The fraction of sp³-hybridized carbons (Fsp3) is 0.0588. The summed E-state index contributed by atoms with van der Waals surface area (Å²) in [7, 11) is 1.54. The molecule has 0 aliphatic heterocycles. The quantitative estimate of drug-likeness (QED) is 0.573. The summed E-state index contributed by atoms with van der Waals surface area (Å²) in [4.78, 5) is 12.1. The summed E-state index contributed by atoms with van der Waals surface area (Å²) in [5.41, 5.74) is 3.55. The maximum absolute atomic E-state index is 12.1. The molecule has 1 amide bonds. The van der Waals surface area contributed by atoms with Crippen LogP contribution < -0.4 is 10.2 Å². The van der Waals surface area contributed by atoms with E-state index in [1.165, 1.54) is 19.4 Å². The number of aromatic hydroxyl groups is 1. The van der Waals surface area contributed by atoms with E-state index in [9.17, 15) is 9.90 Å². The molecule has 3 rings (SSSR count). The SMILES string of the molecule is COc1cccc2cc(C(=O)N/N=C\c3cccc(O)c3)oc12. The molecule has 2 N–H and O–H groups in total. The van der Waals surface area contributed by atoms with E-state index in [4.69, 9.17) is 9.15 Å². The molecule has 0 radical (unpaired) electrons. The number of hydrazone groups is 1. The van der Waals surface area contributed by atoms with Crippen molar-refractivity contribution in [1.29, 1.82) is 0 Å². The number of nitrogens with one attached hydrogen (secondary N) is 1. The van der Waals surface area contributed by atoms with Crippen LogP contribution in [-0.4, -0.2) is 24.3 Å². The van der Waals surface area contributed by atoms with E-state index in [0.29, 0.717) is 16.9 Å². The van der Waals surface area contributed by atoms with Crippen LogP contribution in [0, 0.1) is 0 Å². The number of carbonyl (C=O) groups is 1. The Bertz CT molecular complexity index is 883. The fourth-order valence-electron chi connectivity index (χ4n) is 2.13. The van der Waals surface area contributed by atoms with Gasteiger partial charge in [-0.25, -0.2) is 5.43 Å². The first-order valence-corrected chi connectivity index (χ1v) is 6.86. The Morgan fingerprint density at radius 2 is 2.09 bits per heavy atom. The Kier molecular flexibility index (Phi) is 3.97. The first-order chi connectivity index (χ1) is 11.2. The Balaban J connectivity index is 1.76. The van der Waals surface area contributed by atoms with Crippen LogP contribution in [0.3, 0.4) is 0 Å². The van der Waals surface area contributed by atoms with Gasteiger partial charge in [-0.2, -0.15) is 5.10 Å². The number of rotatable bonds is 4. The standard InChI is InChI=1S/C17H14N2O4/c1-22-14-7-3-5-12-9-15(23-16(12)14)17(21)19-18-10-11-4-2-6-13(20)8-11/h2-10,20H,1H3,(H,19,21)/b18-10-. The maximum Gasteiger partial charge on any atom is 0.307 e. The van der Waals surface area contributed by atoms with Gasteiger partial charge in [0.25, 0.3) is 0 Å². The number of hydrogen-bond acceptors (Lipinski definition) is 5. The van der Waals surface area contributed by atoms with Crippen LogP contribution in [0.25, 0.3) is 11.0 Å². The lowest BCUT2D eigenvalue weighted by Crippen LogP contribution is -2.16. The number of amides is 1. The molecule has 0 fully saturated rings. The van der Waals surface area contributed by atoms with Gasteiger partial charge < -0.3 is 14.3 Å². The lowest BCUT2D eigenvalue weighted by Gasteiger charge is -1.98. The molecule has 1 heterocycles. The number of phenolic OH excluding ortho intramolecular Hbond substituents is 1. The van der Waals surface area contributed by atoms with Crippen molar-refractivity contribution in [1.82, 2.24) is 5.43 Å². The molecule has 2 aromatic carbocycles. The number of hydrogen-bond donors (Lipinski definition) is 2. The van der Waals surface area contributed by atoms with Crippen LogP contribution in [0.2, 0.25) is 0 Å². The number of carbonyl (C=O) groups excluding carboxylic acids is 1. The number of nitrogens with zero attached hydrogens (tertiary/aromatic N) is 1. The highest BCUT2D eigenvalue weighted by Gasteiger charge is 2.14. The van der Waals surface area contributed by atoms with E-state index in [1.54, 1.807) is 30.3 Å². The summed E-state index contributed by atoms with van der Waals surface area (Å²) < 4.78 is 10.7. The highest BCUT2D eigenvalue weighted by atomic mass is 16.5. The number of methoxy groups -OCH3 is 1. The number of para-hydroxylation sites is 1. The van der Waals surface area contributed by atoms with E-state index < -0.39 is 5.91 Å². The lowest BCUT2D eigenvalue weighted by molar-refractivity contribution is 0.0929.